The molecule has 0 spiro atoms. The number of pyridine rings is 1. The van der Waals surface area contributed by atoms with Crippen molar-refractivity contribution < 1.29 is 9.90 Å². The number of aromatic nitrogens is 1. The molecule has 25 heavy (non-hydrogen) atoms. The van der Waals surface area contributed by atoms with Crippen molar-refractivity contribution in [3.63, 3.8) is 0 Å². The van der Waals surface area contributed by atoms with E-state index in [4.69, 9.17) is 0 Å². The molecule has 3 rings (SSSR count). The molecular formula is C20H31N3O2. The van der Waals surface area contributed by atoms with Crippen molar-refractivity contribution in [2.45, 2.75) is 58.1 Å². The van der Waals surface area contributed by atoms with E-state index in [0.29, 0.717) is 18.2 Å². The van der Waals surface area contributed by atoms with E-state index in [2.05, 4.69) is 23.7 Å². The number of nitrogens with zero attached hydrogens (tertiary/aromatic N) is 3. The predicted molar refractivity (Wildman–Crippen MR) is 98.1 cm³/mol. The number of aryl methyl sites for hydroxylation is 1. The molecule has 0 aromatic carbocycles. The van der Waals surface area contributed by atoms with Crippen molar-refractivity contribution in [2.75, 3.05) is 26.2 Å². The van der Waals surface area contributed by atoms with E-state index in [1.807, 2.05) is 30.2 Å². The maximum atomic E-state index is 12.0. The third-order valence-corrected chi connectivity index (χ3v) is 5.75. The smallest absolute Gasteiger partial charge is 0.222 e. The lowest BCUT2D eigenvalue weighted by Gasteiger charge is -2.41. The van der Waals surface area contributed by atoms with Crippen molar-refractivity contribution in [3.05, 3.63) is 29.6 Å². The van der Waals surface area contributed by atoms with Gasteiger partial charge in [0, 0.05) is 44.8 Å². The first-order chi connectivity index (χ1) is 11.9. The highest BCUT2D eigenvalue weighted by molar-refractivity contribution is 5.77. The van der Waals surface area contributed by atoms with Gasteiger partial charge in [-0.1, -0.05) is 6.07 Å². The van der Waals surface area contributed by atoms with Gasteiger partial charge in [-0.2, -0.15) is 0 Å². The van der Waals surface area contributed by atoms with Gasteiger partial charge in [-0.25, -0.2) is 0 Å². The normalized spacial score (nSPS) is 24.8. The fourth-order valence-electron chi connectivity index (χ4n) is 4.06. The zero-order valence-corrected chi connectivity index (χ0v) is 15.7. The second-order valence-electron chi connectivity index (χ2n) is 8.10. The van der Waals surface area contributed by atoms with Gasteiger partial charge in [0.05, 0.1) is 5.69 Å². The lowest BCUT2D eigenvalue weighted by atomic mass is 9.86. The summed E-state index contributed by atoms with van der Waals surface area (Å²) in [5.41, 5.74) is 1.12. The Morgan fingerprint density at radius 2 is 2.04 bits per heavy atom. The Hall–Kier alpha value is -1.46. The van der Waals surface area contributed by atoms with Crippen LogP contribution in [0.2, 0.25) is 0 Å². The van der Waals surface area contributed by atoms with Crippen LogP contribution in [0.3, 0.4) is 0 Å². The molecular weight excluding hydrogens is 314 g/mol. The first kappa shape index (κ1) is 18.3. The van der Waals surface area contributed by atoms with Gasteiger partial charge in [-0.3, -0.25) is 9.78 Å². The van der Waals surface area contributed by atoms with Crippen molar-refractivity contribution >= 4 is 5.91 Å². The Balaban J connectivity index is 1.54. The zero-order chi connectivity index (χ0) is 18.0. The molecule has 0 saturated carbocycles. The molecule has 0 bridgehead atoms. The van der Waals surface area contributed by atoms with Crippen LogP contribution >= 0.6 is 0 Å². The van der Waals surface area contributed by atoms with Gasteiger partial charge < -0.3 is 14.9 Å². The standard InChI is InChI=1S/C20H31N3O2/c1-15(2)23-14-17(5-7-19(23)24)13-22-10-8-20(25,9-11-22)18-6-4-16(3)12-21-18/h4,6,12,15,17,25H,5,7-11,13-14H2,1-3H3. The summed E-state index contributed by atoms with van der Waals surface area (Å²) in [4.78, 5) is 20.9. The average molecular weight is 345 g/mol. The molecule has 1 unspecified atom stereocenters. The molecule has 5 heteroatoms. The molecule has 138 valence electrons. The summed E-state index contributed by atoms with van der Waals surface area (Å²) in [5, 5.41) is 11.0. The molecule has 2 aliphatic rings. The second kappa shape index (κ2) is 7.42. The third-order valence-electron chi connectivity index (χ3n) is 5.75. The van der Waals surface area contributed by atoms with E-state index >= 15 is 0 Å². The number of amides is 1. The van der Waals surface area contributed by atoms with Crippen LogP contribution in [0.5, 0.6) is 0 Å². The Kier molecular flexibility index (Phi) is 5.44. The summed E-state index contributed by atoms with van der Waals surface area (Å²) in [6.45, 7) is 9.87. The average Bonchev–Trinajstić information content (AvgIpc) is 2.59. The van der Waals surface area contributed by atoms with Crippen molar-refractivity contribution in [1.82, 2.24) is 14.8 Å². The Morgan fingerprint density at radius 1 is 1.32 bits per heavy atom. The number of hydrogen-bond acceptors (Lipinski definition) is 4. The Labute approximate surface area is 151 Å². The number of piperidine rings is 2. The maximum absolute atomic E-state index is 12.0. The van der Waals surface area contributed by atoms with Gasteiger partial charge in [-0.15, -0.1) is 0 Å². The molecule has 1 aromatic rings. The zero-order valence-electron chi connectivity index (χ0n) is 15.7. The van der Waals surface area contributed by atoms with Crippen molar-refractivity contribution in [3.8, 4) is 0 Å². The summed E-state index contributed by atoms with van der Waals surface area (Å²) in [7, 11) is 0. The minimum atomic E-state index is -0.795. The topological polar surface area (TPSA) is 56.7 Å². The van der Waals surface area contributed by atoms with Crippen LogP contribution in [-0.2, 0) is 10.4 Å². The molecule has 1 N–H and O–H groups in total. The van der Waals surface area contributed by atoms with E-state index in [1.165, 1.54) is 0 Å². The third kappa shape index (κ3) is 4.21. The van der Waals surface area contributed by atoms with Crippen LogP contribution in [0.15, 0.2) is 18.3 Å². The van der Waals surface area contributed by atoms with Crippen LogP contribution in [0.4, 0.5) is 0 Å². The van der Waals surface area contributed by atoms with Gasteiger partial charge in [0.2, 0.25) is 5.91 Å². The van der Waals surface area contributed by atoms with E-state index in [1.54, 1.807) is 0 Å². The minimum Gasteiger partial charge on any atom is -0.383 e. The minimum absolute atomic E-state index is 0.286. The fourth-order valence-corrected chi connectivity index (χ4v) is 4.06. The lowest BCUT2D eigenvalue weighted by Crippen LogP contribution is -2.49. The van der Waals surface area contributed by atoms with Gasteiger partial charge in [-0.05, 0) is 57.6 Å². The van der Waals surface area contributed by atoms with Crippen LogP contribution < -0.4 is 0 Å². The largest absolute Gasteiger partial charge is 0.383 e. The van der Waals surface area contributed by atoms with Gasteiger partial charge in [0.15, 0.2) is 0 Å². The molecule has 0 radical (unpaired) electrons. The van der Waals surface area contributed by atoms with Gasteiger partial charge in [0.25, 0.3) is 0 Å². The summed E-state index contributed by atoms with van der Waals surface area (Å²) in [6, 6.07) is 4.26. The highest BCUT2D eigenvalue weighted by Gasteiger charge is 2.36. The summed E-state index contributed by atoms with van der Waals surface area (Å²) >= 11 is 0. The highest BCUT2D eigenvalue weighted by Crippen LogP contribution is 2.32. The van der Waals surface area contributed by atoms with Gasteiger partial charge >= 0.3 is 0 Å². The van der Waals surface area contributed by atoms with Crippen LogP contribution in [0, 0.1) is 12.8 Å². The summed E-state index contributed by atoms with van der Waals surface area (Å²) in [5.74, 6) is 0.841. The Morgan fingerprint density at radius 3 is 2.64 bits per heavy atom. The first-order valence-electron chi connectivity index (χ1n) is 9.55. The SMILES string of the molecule is Cc1ccc(C2(O)CCN(CC3CCC(=O)N(C(C)C)C3)CC2)nc1. The number of aliphatic hydroxyl groups is 1. The van der Waals surface area contributed by atoms with Crippen molar-refractivity contribution in [1.29, 1.82) is 0 Å². The van der Waals surface area contributed by atoms with Crippen LogP contribution in [0.1, 0.15) is 50.8 Å². The first-order valence-corrected chi connectivity index (χ1v) is 9.55. The molecule has 2 fully saturated rings. The molecule has 1 amide bonds. The monoisotopic (exact) mass is 345 g/mol. The number of rotatable bonds is 4. The van der Waals surface area contributed by atoms with E-state index in [-0.39, 0.29) is 6.04 Å². The number of hydrogen-bond donors (Lipinski definition) is 1. The predicted octanol–water partition coefficient (Wildman–Crippen LogP) is 2.32. The molecule has 0 aliphatic carbocycles. The molecule has 1 aromatic heterocycles. The molecule has 3 heterocycles. The maximum Gasteiger partial charge on any atom is 0.222 e. The number of carbonyl (C=O) groups excluding carboxylic acids is 1. The molecule has 5 nitrogen and oxygen atoms in total. The van der Waals surface area contributed by atoms with E-state index in [0.717, 1.165) is 56.7 Å². The summed E-state index contributed by atoms with van der Waals surface area (Å²) in [6.07, 6.45) is 4.95. The van der Waals surface area contributed by atoms with Crippen molar-refractivity contribution in [2.24, 2.45) is 5.92 Å². The van der Waals surface area contributed by atoms with Crippen LogP contribution in [-0.4, -0.2) is 58.0 Å². The number of carbonyl (C=O) groups is 1. The van der Waals surface area contributed by atoms with E-state index in [9.17, 15) is 9.90 Å². The van der Waals surface area contributed by atoms with Crippen LogP contribution in [0.25, 0.3) is 0 Å². The number of likely N-dealkylation sites (tertiary alicyclic amines) is 2. The molecule has 2 saturated heterocycles. The summed E-state index contributed by atoms with van der Waals surface area (Å²) < 4.78 is 0. The second-order valence-corrected chi connectivity index (χ2v) is 8.10. The Bertz CT molecular complexity index is 591. The highest BCUT2D eigenvalue weighted by atomic mass is 16.3. The molecule has 2 aliphatic heterocycles. The quantitative estimate of drug-likeness (QED) is 0.910. The van der Waals surface area contributed by atoms with E-state index < -0.39 is 5.60 Å². The lowest BCUT2D eigenvalue weighted by molar-refractivity contribution is -0.137. The fraction of sp³-hybridized carbons (Fsp3) is 0.700. The molecule has 1 atom stereocenters. The van der Waals surface area contributed by atoms with Gasteiger partial charge in [0.1, 0.15) is 5.60 Å².